The van der Waals surface area contributed by atoms with E-state index in [1.807, 2.05) is 61.9 Å². The highest BCUT2D eigenvalue weighted by molar-refractivity contribution is 6.36. The summed E-state index contributed by atoms with van der Waals surface area (Å²) < 4.78 is 44.1. The molecule has 1 amide bonds. The molecule has 0 saturated carbocycles. The second kappa shape index (κ2) is 12.0. The number of nitrogens with zero attached hydrogens (tertiary/aromatic N) is 6. The minimum atomic E-state index is -1.54. The van der Waals surface area contributed by atoms with Gasteiger partial charge in [-0.1, -0.05) is 41.9 Å². The molecule has 47 heavy (non-hydrogen) atoms. The van der Waals surface area contributed by atoms with Crippen LogP contribution < -0.4 is 9.64 Å². The number of anilines is 1. The van der Waals surface area contributed by atoms with Crippen molar-refractivity contribution in [2.45, 2.75) is 69.8 Å². The Kier molecular flexibility index (Phi) is 8.11. The molecule has 12 heteroatoms. The SMILES string of the molecule is CN1CCC(F)(COc2nc(N3C[C@H]4CC[C@@H](C3)N4C(=O)OC(C)(C)C)c3cnc(-c4cccc5cccc(Cl)c45)c(F)c3n2)CC1. The largest absolute Gasteiger partial charge is 0.460 e. The van der Waals surface area contributed by atoms with E-state index < -0.39 is 17.1 Å². The molecule has 2 bridgehead atoms. The van der Waals surface area contributed by atoms with Crippen LogP contribution in [-0.2, 0) is 4.74 Å². The smallest absolute Gasteiger partial charge is 0.410 e. The van der Waals surface area contributed by atoms with Crippen molar-refractivity contribution < 1.29 is 23.0 Å². The van der Waals surface area contributed by atoms with Crippen molar-refractivity contribution in [1.29, 1.82) is 0 Å². The number of ether oxygens (including phenoxy) is 2. The third-order valence-corrected chi connectivity index (χ3v) is 9.80. The molecule has 5 heterocycles. The lowest BCUT2D eigenvalue weighted by molar-refractivity contribution is 0.0122. The van der Waals surface area contributed by atoms with E-state index in [2.05, 4.69) is 14.9 Å². The number of hydrogen-bond acceptors (Lipinski definition) is 8. The molecule has 248 valence electrons. The molecule has 3 saturated heterocycles. The summed E-state index contributed by atoms with van der Waals surface area (Å²) >= 11 is 6.60. The maximum Gasteiger partial charge on any atom is 0.410 e. The number of halogens is 3. The topological polar surface area (TPSA) is 83.9 Å². The van der Waals surface area contributed by atoms with Gasteiger partial charge in [0.2, 0.25) is 0 Å². The highest BCUT2D eigenvalue weighted by Crippen LogP contribution is 2.40. The number of piperazine rings is 1. The van der Waals surface area contributed by atoms with Crippen molar-refractivity contribution in [3.05, 3.63) is 53.4 Å². The van der Waals surface area contributed by atoms with Crippen LogP contribution in [0.2, 0.25) is 5.02 Å². The molecule has 3 fully saturated rings. The predicted octanol–water partition coefficient (Wildman–Crippen LogP) is 7.04. The van der Waals surface area contributed by atoms with Gasteiger partial charge in [0.1, 0.15) is 34.9 Å². The molecule has 0 unspecified atom stereocenters. The molecule has 2 atom stereocenters. The minimum Gasteiger partial charge on any atom is -0.460 e. The van der Waals surface area contributed by atoms with Gasteiger partial charge in [-0.05, 0) is 65.0 Å². The molecule has 4 aromatic rings. The van der Waals surface area contributed by atoms with Crippen molar-refractivity contribution >= 4 is 45.2 Å². The van der Waals surface area contributed by atoms with Crippen LogP contribution >= 0.6 is 11.6 Å². The van der Waals surface area contributed by atoms with Crippen LogP contribution in [0.25, 0.3) is 32.9 Å². The Balaban J connectivity index is 1.29. The standard InChI is InChI=1S/C35H39ClF2N6O3/c1-34(2,3)47-33(45)44-22-11-12-23(44)19-43(18-22)31-25-17-39-29(24-9-5-7-21-8-6-10-26(36)27(21)24)28(37)30(25)40-32(41-31)46-20-35(38)13-15-42(4)16-14-35/h5-10,17,22-23H,11-16,18-20H2,1-4H3/t22-,23+. The molecule has 0 spiro atoms. The fourth-order valence-corrected chi connectivity index (χ4v) is 7.34. The van der Waals surface area contributed by atoms with E-state index in [4.69, 9.17) is 26.1 Å². The lowest BCUT2D eigenvalue weighted by Gasteiger charge is -2.42. The number of rotatable bonds is 5. The third-order valence-electron chi connectivity index (χ3n) is 9.48. The van der Waals surface area contributed by atoms with Crippen molar-refractivity contribution in [2.24, 2.45) is 0 Å². The van der Waals surface area contributed by atoms with E-state index in [9.17, 15) is 4.79 Å². The van der Waals surface area contributed by atoms with Crippen LogP contribution in [0.3, 0.4) is 0 Å². The average molecular weight is 665 g/mol. The second-order valence-corrected chi connectivity index (χ2v) is 14.5. The molecule has 2 aromatic heterocycles. The Bertz CT molecular complexity index is 1820. The highest BCUT2D eigenvalue weighted by atomic mass is 35.5. The lowest BCUT2D eigenvalue weighted by atomic mass is 9.95. The van der Waals surface area contributed by atoms with Gasteiger partial charge in [0.15, 0.2) is 5.82 Å². The Morgan fingerprint density at radius 3 is 2.43 bits per heavy atom. The van der Waals surface area contributed by atoms with Crippen molar-refractivity contribution in [3.8, 4) is 17.3 Å². The zero-order valence-corrected chi connectivity index (χ0v) is 27.9. The first-order valence-electron chi connectivity index (χ1n) is 16.2. The molecule has 7 rings (SSSR count). The first-order chi connectivity index (χ1) is 22.4. The first kappa shape index (κ1) is 31.8. The van der Waals surface area contributed by atoms with Crippen molar-refractivity contribution in [3.63, 3.8) is 0 Å². The van der Waals surface area contributed by atoms with Crippen LogP contribution in [0.1, 0.15) is 46.5 Å². The number of carbonyl (C=O) groups is 1. The van der Waals surface area contributed by atoms with Gasteiger partial charge >= 0.3 is 12.1 Å². The maximum absolute atomic E-state index is 16.7. The Morgan fingerprint density at radius 2 is 1.74 bits per heavy atom. The number of aromatic nitrogens is 3. The van der Waals surface area contributed by atoms with E-state index in [1.54, 1.807) is 18.3 Å². The molecule has 0 aliphatic carbocycles. The number of hydrogen-bond donors (Lipinski definition) is 0. The zero-order chi connectivity index (χ0) is 33.1. The van der Waals surface area contributed by atoms with Gasteiger partial charge in [-0.25, -0.2) is 13.6 Å². The van der Waals surface area contributed by atoms with Crippen molar-refractivity contribution in [2.75, 3.05) is 44.7 Å². The second-order valence-electron chi connectivity index (χ2n) is 14.1. The lowest BCUT2D eigenvalue weighted by Crippen LogP contribution is -2.57. The summed E-state index contributed by atoms with van der Waals surface area (Å²) in [7, 11) is 1.96. The number of likely N-dealkylation sites (tertiary alicyclic amines) is 1. The van der Waals surface area contributed by atoms with Gasteiger partial charge in [-0.15, -0.1) is 0 Å². The number of alkyl halides is 1. The van der Waals surface area contributed by atoms with E-state index in [0.29, 0.717) is 66.2 Å². The molecule has 3 aliphatic heterocycles. The predicted molar refractivity (Wildman–Crippen MR) is 178 cm³/mol. The van der Waals surface area contributed by atoms with Gasteiger partial charge in [-0.2, -0.15) is 9.97 Å². The zero-order valence-electron chi connectivity index (χ0n) is 27.1. The number of fused-ring (bicyclic) bond motifs is 4. The Morgan fingerprint density at radius 1 is 1.06 bits per heavy atom. The van der Waals surface area contributed by atoms with Crippen molar-refractivity contribution in [1.82, 2.24) is 24.8 Å². The van der Waals surface area contributed by atoms with Gasteiger partial charge < -0.3 is 19.3 Å². The summed E-state index contributed by atoms with van der Waals surface area (Å²) in [6.07, 6.45) is 3.51. The van der Waals surface area contributed by atoms with Gasteiger partial charge in [0.05, 0.1) is 17.5 Å². The average Bonchev–Trinajstić information content (AvgIpc) is 3.30. The molecule has 2 aromatic carbocycles. The Hall–Kier alpha value is -3.83. The van der Waals surface area contributed by atoms with Crippen LogP contribution in [0.15, 0.2) is 42.6 Å². The number of benzene rings is 2. The van der Waals surface area contributed by atoms with E-state index in [-0.39, 0.29) is 42.0 Å². The van der Waals surface area contributed by atoms with E-state index in [0.717, 1.165) is 18.2 Å². The van der Waals surface area contributed by atoms with Crippen LogP contribution in [0.4, 0.5) is 19.4 Å². The molecule has 9 nitrogen and oxygen atoms in total. The van der Waals surface area contributed by atoms with Crippen LogP contribution in [0.5, 0.6) is 6.01 Å². The molecular weight excluding hydrogens is 626 g/mol. The summed E-state index contributed by atoms with van der Waals surface area (Å²) in [5, 5.41) is 2.43. The fourth-order valence-electron chi connectivity index (χ4n) is 7.05. The molecule has 3 aliphatic rings. The minimum absolute atomic E-state index is 0.0252. The van der Waals surface area contributed by atoms with Gasteiger partial charge in [0.25, 0.3) is 0 Å². The summed E-state index contributed by atoms with van der Waals surface area (Å²) in [6.45, 7) is 7.48. The van der Waals surface area contributed by atoms with E-state index in [1.165, 1.54) is 0 Å². The molecule has 0 N–H and O–H groups in total. The van der Waals surface area contributed by atoms with E-state index >= 15 is 8.78 Å². The number of amides is 1. The van der Waals surface area contributed by atoms with Crippen LogP contribution in [-0.4, -0.2) is 94.0 Å². The summed E-state index contributed by atoms with van der Waals surface area (Å²) in [4.78, 5) is 32.9. The number of carbonyl (C=O) groups excluding carboxylic acids is 1. The summed E-state index contributed by atoms with van der Waals surface area (Å²) in [6, 6.07) is 10.7. The summed E-state index contributed by atoms with van der Waals surface area (Å²) in [5.41, 5.74) is -1.49. The number of pyridine rings is 1. The fraction of sp³-hybridized carbons (Fsp3) is 0.486. The highest BCUT2D eigenvalue weighted by Gasteiger charge is 2.45. The number of piperidine rings is 1. The van der Waals surface area contributed by atoms with Crippen LogP contribution in [0, 0.1) is 5.82 Å². The first-order valence-corrected chi connectivity index (χ1v) is 16.6. The Labute approximate surface area is 277 Å². The molecular formula is C35H39ClF2N6O3. The quantitative estimate of drug-likeness (QED) is 0.225. The molecule has 0 radical (unpaired) electrons. The monoisotopic (exact) mass is 664 g/mol. The van der Waals surface area contributed by atoms with Gasteiger partial charge in [0, 0.05) is 48.3 Å². The third kappa shape index (κ3) is 6.15. The van der Waals surface area contributed by atoms with Gasteiger partial charge in [-0.3, -0.25) is 9.88 Å². The maximum atomic E-state index is 16.7. The normalized spacial score (nSPS) is 21.4. The summed E-state index contributed by atoms with van der Waals surface area (Å²) in [5.74, 6) is -0.205.